The summed E-state index contributed by atoms with van der Waals surface area (Å²) in [6, 6.07) is 1.93. The zero-order valence-electron chi connectivity index (χ0n) is 7.42. The van der Waals surface area contributed by atoms with Gasteiger partial charge in [0.15, 0.2) is 0 Å². The van der Waals surface area contributed by atoms with E-state index in [1.807, 2.05) is 19.9 Å². The highest BCUT2D eigenvalue weighted by Crippen LogP contribution is 2.20. The number of hydrazine groups is 1. The lowest BCUT2D eigenvalue weighted by atomic mass is 10.1. The van der Waals surface area contributed by atoms with E-state index in [4.69, 9.17) is 10.3 Å². The lowest BCUT2D eigenvalue weighted by molar-refractivity contribution is 0.525. The molecule has 66 valence electrons. The fourth-order valence-electron chi connectivity index (χ4n) is 1.14. The zero-order valence-corrected chi connectivity index (χ0v) is 7.42. The lowest BCUT2D eigenvalue weighted by Crippen LogP contribution is -2.28. The van der Waals surface area contributed by atoms with E-state index >= 15 is 0 Å². The Balaban J connectivity index is 2.87. The van der Waals surface area contributed by atoms with Crippen molar-refractivity contribution in [2.45, 2.75) is 19.9 Å². The SMILES string of the molecule is C=C(C)C(NN)c1coc(C)c1. The fourth-order valence-corrected chi connectivity index (χ4v) is 1.14. The number of hydrogen-bond donors (Lipinski definition) is 2. The van der Waals surface area contributed by atoms with Gasteiger partial charge in [-0.1, -0.05) is 12.2 Å². The van der Waals surface area contributed by atoms with Crippen molar-refractivity contribution in [2.75, 3.05) is 0 Å². The molecule has 0 saturated heterocycles. The molecule has 0 bridgehead atoms. The van der Waals surface area contributed by atoms with E-state index in [-0.39, 0.29) is 6.04 Å². The van der Waals surface area contributed by atoms with E-state index in [2.05, 4.69) is 12.0 Å². The summed E-state index contributed by atoms with van der Waals surface area (Å²) in [5.74, 6) is 6.24. The molecule has 1 aromatic heterocycles. The molecule has 0 fully saturated rings. The third kappa shape index (κ3) is 1.75. The molecule has 0 aliphatic heterocycles. The van der Waals surface area contributed by atoms with E-state index < -0.39 is 0 Å². The first-order valence-electron chi connectivity index (χ1n) is 3.81. The Morgan fingerprint density at radius 3 is 2.75 bits per heavy atom. The summed E-state index contributed by atoms with van der Waals surface area (Å²) < 4.78 is 5.16. The fraction of sp³-hybridized carbons (Fsp3) is 0.333. The molecule has 12 heavy (non-hydrogen) atoms. The van der Waals surface area contributed by atoms with Gasteiger partial charge in [-0.25, -0.2) is 5.43 Å². The average molecular weight is 166 g/mol. The highest BCUT2D eigenvalue weighted by atomic mass is 16.3. The van der Waals surface area contributed by atoms with Gasteiger partial charge in [0, 0.05) is 5.56 Å². The van der Waals surface area contributed by atoms with Crippen LogP contribution in [-0.4, -0.2) is 0 Å². The number of nitrogens with two attached hydrogens (primary N) is 1. The first-order valence-corrected chi connectivity index (χ1v) is 3.81. The third-order valence-corrected chi connectivity index (χ3v) is 1.74. The molecule has 3 nitrogen and oxygen atoms in total. The molecule has 1 heterocycles. The lowest BCUT2D eigenvalue weighted by Gasteiger charge is -2.12. The van der Waals surface area contributed by atoms with E-state index in [1.54, 1.807) is 6.26 Å². The quantitative estimate of drug-likeness (QED) is 0.408. The minimum atomic E-state index is -0.0116. The van der Waals surface area contributed by atoms with Crippen molar-refractivity contribution in [1.82, 2.24) is 5.43 Å². The van der Waals surface area contributed by atoms with Crippen LogP contribution in [0.15, 0.2) is 28.9 Å². The molecule has 0 saturated carbocycles. The van der Waals surface area contributed by atoms with Crippen molar-refractivity contribution in [3.8, 4) is 0 Å². The maximum absolute atomic E-state index is 5.36. The van der Waals surface area contributed by atoms with Gasteiger partial charge in [0.1, 0.15) is 5.76 Å². The maximum Gasteiger partial charge on any atom is 0.101 e. The number of rotatable bonds is 3. The van der Waals surface area contributed by atoms with Crippen LogP contribution in [0, 0.1) is 6.92 Å². The van der Waals surface area contributed by atoms with Crippen molar-refractivity contribution in [3.63, 3.8) is 0 Å². The Morgan fingerprint density at radius 2 is 2.42 bits per heavy atom. The molecule has 1 rings (SSSR count). The van der Waals surface area contributed by atoms with Gasteiger partial charge in [-0.05, 0) is 19.9 Å². The van der Waals surface area contributed by atoms with Crippen molar-refractivity contribution in [1.29, 1.82) is 0 Å². The Morgan fingerprint density at radius 1 is 1.75 bits per heavy atom. The van der Waals surface area contributed by atoms with Crippen LogP contribution >= 0.6 is 0 Å². The molecule has 0 aliphatic carbocycles. The van der Waals surface area contributed by atoms with Gasteiger partial charge in [-0.15, -0.1) is 0 Å². The molecule has 0 spiro atoms. The Kier molecular flexibility index (Phi) is 2.68. The summed E-state index contributed by atoms with van der Waals surface area (Å²) in [6.07, 6.45) is 1.69. The first kappa shape index (κ1) is 9.03. The minimum absolute atomic E-state index is 0.0116. The second kappa shape index (κ2) is 3.56. The normalized spacial score (nSPS) is 12.9. The number of nitrogens with one attached hydrogen (secondary N) is 1. The molecule has 1 atom stereocenters. The standard InChI is InChI=1S/C9H14N2O/c1-6(2)9(11-10)8-4-7(3)12-5-8/h4-5,9,11H,1,10H2,2-3H3. The molecule has 3 heteroatoms. The van der Waals surface area contributed by atoms with Crippen LogP contribution in [0.25, 0.3) is 0 Å². The Hall–Kier alpha value is -1.06. The molecule has 0 aliphatic rings. The van der Waals surface area contributed by atoms with E-state index in [0.29, 0.717) is 0 Å². The summed E-state index contributed by atoms with van der Waals surface area (Å²) >= 11 is 0. The summed E-state index contributed by atoms with van der Waals surface area (Å²) in [4.78, 5) is 0. The second-order valence-corrected chi connectivity index (χ2v) is 2.94. The van der Waals surface area contributed by atoms with Crippen molar-refractivity contribution < 1.29 is 4.42 Å². The molecule has 3 N–H and O–H groups in total. The minimum Gasteiger partial charge on any atom is -0.469 e. The monoisotopic (exact) mass is 166 g/mol. The largest absolute Gasteiger partial charge is 0.469 e. The molecule has 0 amide bonds. The summed E-state index contributed by atoms with van der Waals surface area (Å²) in [6.45, 7) is 7.65. The molecule has 1 aromatic rings. The van der Waals surface area contributed by atoms with Gasteiger partial charge in [0.05, 0.1) is 12.3 Å². The molecular formula is C9H14N2O. The van der Waals surface area contributed by atoms with Crippen LogP contribution in [-0.2, 0) is 0 Å². The first-order chi connectivity index (χ1) is 5.65. The number of furan rings is 1. The number of hydrogen-bond acceptors (Lipinski definition) is 3. The summed E-state index contributed by atoms with van der Waals surface area (Å²) in [5, 5.41) is 0. The Labute approximate surface area is 72.2 Å². The maximum atomic E-state index is 5.36. The highest BCUT2D eigenvalue weighted by Gasteiger charge is 2.11. The van der Waals surface area contributed by atoms with Crippen molar-refractivity contribution >= 4 is 0 Å². The van der Waals surface area contributed by atoms with E-state index in [9.17, 15) is 0 Å². The van der Waals surface area contributed by atoms with Crippen LogP contribution in [0.1, 0.15) is 24.3 Å². The van der Waals surface area contributed by atoms with Gasteiger partial charge < -0.3 is 4.42 Å². The van der Waals surface area contributed by atoms with Gasteiger partial charge in [0.2, 0.25) is 0 Å². The zero-order chi connectivity index (χ0) is 9.14. The van der Waals surface area contributed by atoms with Gasteiger partial charge in [0.25, 0.3) is 0 Å². The van der Waals surface area contributed by atoms with E-state index in [1.165, 1.54) is 0 Å². The number of aryl methyl sites for hydroxylation is 1. The molecule has 0 radical (unpaired) electrons. The second-order valence-electron chi connectivity index (χ2n) is 2.94. The topological polar surface area (TPSA) is 51.2 Å². The Bertz CT molecular complexity index is 278. The van der Waals surface area contributed by atoms with Crippen LogP contribution in [0.3, 0.4) is 0 Å². The summed E-state index contributed by atoms with van der Waals surface area (Å²) in [7, 11) is 0. The van der Waals surface area contributed by atoms with Crippen LogP contribution in [0.5, 0.6) is 0 Å². The van der Waals surface area contributed by atoms with Crippen LogP contribution in [0.4, 0.5) is 0 Å². The predicted molar refractivity (Wildman–Crippen MR) is 48.3 cm³/mol. The highest BCUT2D eigenvalue weighted by molar-refractivity contribution is 5.23. The third-order valence-electron chi connectivity index (χ3n) is 1.74. The van der Waals surface area contributed by atoms with Gasteiger partial charge in [-0.2, -0.15) is 0 Å². The summed E-state index contributed by atoms with van der Waals surface area (Å²) in [5.41, 5.74) is 4.66. The predicted octanol–water partition coefficient (Wildman–Crippen LogP) is 1.67. The van der Waals surface area contributed by atoms with Crippen molar-refractivity contribution in [2.24, 2.45) is 5.84 Å². The molecule has 0 aromatic carbocycles. The smallest absolute Gasteiger partial charge is 0.101 e. The van der Waals surface area contributed by atoms with Crippen molar-refractivity contribution in [3.05, 3.63) is 35.8 Å². The van der Waals surface area contributed by atoms with Crippen LogP contribution in [0.2, 0.25) is 0 Å². The van der Waals surface area contributed by atoms with Gasteiger partial charge >= 0.3 is 0 Å². The average Bonchev–Trinajstić information content (AvgIpc) is 2.37. The van der Waals surface area contributed by atoms with E-state index in [0.717, 1.165) is 16.9 Å². The van der Waals surface area contributed by atoms with Gasteiger partial charge in [-0.3, -0.25) is 5.84 Å². The molecular weight excluding hydrogens is 152 g/mol. The van der Waals surface area contributed by atoms with Crippen LogP contribution < -0.4 is 11.3 Å². The molecule has 1 unspecified atom stereocenters.